The predicted molar refractivity (Wildman–Crippen MR) is 271 cm³/mol. The zero-order chi connectivity index (χ0) is 44.6. The average Bonchev–Trinajstić information content (AvgIpc) is 3.73. The molecule has 5 heteroatoms. The predicted octanol–water partition coefficient (Wildman–Crippen LogP) is 14.7. The minimum absolute atomic E-state index is 0.478. The van der Waals surface area contributed by atoms with Gasteiger partial charge in [0.15, 0.2) is 23.3 Å². The molecule has 1 aliphatic rings. The van der Waals surface area contributed by atoms with Crippen LogP contribution in [0.4, 0.5) is 0 Å². The minimum Gasteiger partial charge on any atom is -0.228 e. The van der Waals surface area contributed by atoms with Crippen molar-refractivity contribution in [3.63, 3.8) is 0 Å². The molecule has 0 atom stereocenters. The Labute approximate surface area is 389 Å². The summed E-state index contributed by atoms with van der Waals surface area (Å²) in [5.41, 5.74) is 16.6. The smallest absolute Gasteiger partial charge is 0.164 e. The second kappa shape index (κ2) is 16.9. The molecule has 12 rings (SSSR count). The molecular formula is C62H41N5. The van der Waals surface area contributed by atoms with Gasteiger partial charge in [-0.15, -0.1) is 0 Å². The van der Waals surface area contributed by atoms with Crippen LogP contribution >= 0.6 is 0 Å². The number of nitrogens with zero attached hydrogens (tertiary/aromatic N) is 5. The first-order chi connectivity index (χ1) is 33.2. The van der Waals surface area contributed by atoms with Gasteiger partial charge in [0, 0.05) is 33.4 Å². The molecule has 0 unspecified atom stereocenters. The third-order valence-electron chi connectivity index (χ3n) is 12.8. The lowest BCUT2D eigenvalue weighted by molar-refractivity contribution is 0.768. The lowest BCUT2D eigenvalue weighted by Crippen LogP contribution is -2.28. The summed E-state index contributed by atoms with van der Waals surface area (Å²) < 4.78 is 0. The Morgan fingerprint density at radius 3 is 1.10 bits per heavy atom. The maximum absolute atomic E-state index is 5.23. The summed E-state index contributed by atoms with van der Waals surface area (Å²) in [6.45, 7) is 0. The van der Waals surface area contributed by atoms with E-state index in [1.807, 2.05) is 78.9 Å². The van der Waals surface area contributed by atoms with Crippen LogP contribution in [0.2, 0.25) is 0 Å². The summed E-state index contributed by atoms with van der Waals surface area (Å²) in [6.07, 6.45) is 0. The standard InChI is InChI=1S/C62H41N5/c1-5-19-43(20-6-1)58-63-56(42-35-37-51(38-36-42)62(50-29-11-4-12-30-50)54-33-15-13-31-52(54)53-32-14-16-34-55(53)62)41-57(64-58)48-27-17-25-46(39-48)47-26-18-28-49(40-47)61-66-59(44-21-7-2-8-22-44)65-60(67-61)45-23-9-3-10-24-45/h1-41H. The highest BCUT2D eigenvalue weighted by Crippen LogP contribution is 2.56. The highest BCUT2D eigenvalue weighted by Gasteiger charge is 2.45. The molecule has 0 saturated heterocycles. The van der Waals surface area contributed by atoms with Gasteiger partial charge in [-0.2, -0.15) is 0 Å². The summed E-state index contributed by atoms with van der Waals surface area (Å²) in [5.74, 6) is 2.54. The summed E-state index contributed by atoms with van der Waals surface area (Å²) in [5, 5.41) is 0. The van der Waals surface area contributed by atoms with Crippen molar-refractivity contribution in [2.24, 2.45) is 0 Å². The molecule has 0 aliphatic heterocycles. The van der Waals surface area contributed by atoms with Crippen LogP contribution in [0.5, 0.6) is 0 Å². The lowest BCUT2D eigenvalue weighted by atomic mass is 9.67. The second-order valence-electron chi connectivity index (χ2n) is 16.8. The molecule has 2 heterocycles. The van der Waals surface area contributed by atoms with Gasteiger partial charge < -0.3 is 0 Å². The molecule has 2 aromatic heterocycles. The van der Waals surface area contributed by atoms with Crippen molar-refractivity contribution >= 4 is 0 Å². The summed E-state index contributed by atoms with van der Waals surface area (Å²) >= 11 is 0. The molecule has 0 bridgehead atoms. The number of fused-ring (bicyclic) bond motifs is 3. The van der Waals surface area contributed by atoms with E-state index in [2.05, 4.69) is 170 Å². The molecule has 67 heavy (non-hydrogen) atoms. The van der Waals surface area contributed by atoms with E-state index in [0.717, 1.165) is 55.9 Å². The fourth-order valence-electron chi connectivity index (χ4n) is 9.70. The van der Waals surface area contributed by atoms with Gasteiger partial charge in [-0.05, 0) is 62.7 Å². The van der Waals surface area contributed by atoms with Crippen LogP contribution in [-0.4, -0.2) is 24.9 Å². The van der Waals surface area contributed by atoms with E-state index in [1.165, 1.54) is 33.4 Å². The van der Waals surface area contributed by atoms with Crippen LogP contribution in [-0.2, 0) is 5.41 Å². The number of hydrogen-bond donors (Lipinski definition) is 0. The molecule has 9 aromatic carbocycles. The molecule has 5 nitrogen and oxygen atoms in total. The second-order valence-corrected chi connectivity index (χ2v) is 16.8. The van der Waals surface area contributed by atoms with E-state index < -0.39 is 5.41 Å². The van der Waals surface area contributed by atoms with Crippen molar-refractivity contribution in [2.75, 3.05) is 0 Å². The molecule has 11 aromatic rings. The molecule has 0 spiro atoms. The normalized spacial score (nSPS) is 12.3. The zero-order valence-electron chi connectivity index (χ0n) is 36.4. The van der Waals surface area contributed by atoms with E-state index in [9.17, 15) is 0 Å². The zero-order valence-corrected chi connectivity index (χ0v) is 36.4. The van der Waals surface area contributed by atoms with E-state index in [-0.39, 0.29) is 0 Å². The molecular weight excluding hydrogens is 815 g/mol. The maximum Gasteiger partial charge on any atom is 0.164 e. The van der Waals surface area contributed by atoms with Crippen molar-refractivity contribution in [1.82, 2.24) is 24.9 Å². The molecule has 0 N–H and O–H groups in total. The van der Waals surface area contributed by atoms with Gasteiger partial charge in [-0.1, -0.05) is 231 Å². The summed E-state index contributed by atoms with van der Waals surface area (Å²) in [7, 11) is 0. The van der Waals surface area contributed by atoms with Crippen LogP contribution in [0.3, 0.4) is 0 Å². The van der Waals surface area contributed by atoms with Gasteiger partial charge in [-0.3, -0.25) is 0 Å². The van der Waals surface area contributed by atoms with Crippen LogP contribution in [0.25, 0.3) is 90.3 Å². The fraction of sp³-hybridized carbons (Fsp3) is 0.0161. The monoisotopic (exact) mass is 855 g/mol. The van der Waals surface area contributed by atoms with Crippen LogP contribution in [0.15, 0.2) is 249 Å². The van der Waals surface area contributed by atoms with E-state index >= 15 is 0 Å². The molecule has 0 amide bonds. The number of benzene rings is 9. The SMILES string of the molecule is c1ccc(-c2nc(-c3ccc(C4(c5ccccc5)c5ccccc5-c5ccccc54)cc3)cc(-c3cccc(-c4cccc(-c5nc(-c6ccccc6)nc(-c6ccccc6)n5)c4)c3)n2)cc1. The van der Waals surface area contributed by atoms with Crippen LogP contribution < -0.4 is 0 Å². The van der Waals surface area contributed by atoms with Gasteiger partial charge in [0.1, 0.15) is 0 Å². The topological polar surface area (TPSA) is 64.5 Å². The molecule has 1 aliphatic carbocycles. The van der Waals surface area contributed by atoms with Crippen molar-refractivity contribution in [2.45, 2.75) is 5.41 Å². The van der Waals surface area contributed by atoms with Gasteiger partial charge in [0.25, 0.3) is 0 Å². The van der Waals surface area contributed by atoms with Crippen molar-refractivity contribution in [3.05, 3.63) is 271 Å². The number of aromatic nitrogens is 5. The first kappa shape index (κ1) is 39.6. The molecule has 314 valence electrons. The van der Waals surface area contributed by atoms with Crippen molar-refractivity contribution in [3.8, 4) is 90.3 Å². The Balaban J connectivity index is 0.941. The highest BCUT2D eigenvalue weighted by atomic mass is 15.0. The molecule has 0 saturated carbocycles. The Hall–Kier alpha value is -8.93. The fourth-order valence-corrected chi connectivity index (χ4v) is 9.70. The maximum atomic E-state index is 5.23. The minimum atomic E-state index is -0.478. The first-order valence-electron chi connectivity index (χ1n) is 22.6. The summed E-state index contributed by atoms with van der Waals surface area (Å²) in [4.78, 5) is 25.4. The third kappa shape index (κ3) is 7.20. The van der Waals surface area contributed by atoms with Crippen LogP contribution in [0, 0.1) is 0 Å². The van der Waals surface area contributed by atoms with Gasteiger partial charge in [0.2, 0.25) is 0 Å². The van der Waals surface area contributed by atoms with Crippen molar-refractivity contribution < 1.29 is 0 Å². The Bertz CT molecular complexity index is 3450. The molecule has 0 radical (unpaired) electrons. The number of hydrogen-bond acceptors (Lipinski definition) is 5. The van der Waals surface area contributed by atoms with Gasteiger partial charge >= 0.3 is 0 Å². The first-order valence-corrected chi connectivity index (χ1v) is 22.6. The Morgan fingerprint density at radius 1 is 0.224 bits per heavy atom. The lowest BCUT2D eigenvalue weighted by Gasteiger charge is -2.34. The Kier molecular flexibility index (Phi) is 9.99. The highest BCUT2D eigenvalue weighted by molar-refractivity contribution is 5.87. The van der Waals surface area contributed by atoms with Gasteiger partial charge in [0.05, 0.1) is 16.8 Å². The van der Waals surface area contributed by atoms with E-state index in [0.29, 0.717) is 23.3 Å². The third-order valence-corrected chi connectivity index (χ3v) is 12.8. The van der Waals surface area contributed by atoms with Crippen molar-refractivity contribution in [1.29, 1.82) is 0 Å². The average molecular weight is 856 g/mol. The quantitative estimate of drug-likeness (QED) is 0.145. The Morgan fingerprint density at radius 2 is 0.582 bits per heavy atom. The van der Waals surface area contributed by atoms with Gasteiger partial charge in [-0.25, -0.2) is 24.9 Å². The number of rotatable bonds is 9. The summed E-state index contributed by atoms with van der Waals surface area (Å²) in [6, 6.07) is 87.1. The van der Waals surface area contributed by atoms with E-state index in [1.54, 1.807) is 0 Å². The van der Waals surface area contributed by atoms with E-state index in [4.69, 9.17) is 24.9 Å². The molecule has 0 fully saturated rings. The van der Waals surface area contributed by atoms with Crippen LogP contribution in [0.1, 0.15) is 22.3 Å². The largest absolute Gasteiger partial charge is 0.228 e.